The van der Waals surface area contributed by atoms with E-state index in [9.17, 15) is 0 Å². The Morgan fingerprint density at radius 1 is 1.21 bits per heavy atom. The van der Waals surface area contributed by atoms with E-state index in [0.717, 1.165) is 54.3 Å². The molecule has 1 saturated heterocycles. The molecule has 152 valence electrons. The SMILES string of the molecule is Nc1ncnc2c1c(Br)cn2[C@H]1CC[C@@H](CC/C=C/CNCc2ccccc2)O1. The second-order valence-electron chi connectivity index (χ2n) is 7.30. The van der Waals surface area contributed by atoms with E-state index in [2.05, 4.69) is 72.2 Å². The maximum absolute atomic E-state index is 6.29. The maximum atomic E-state index is 6.29. The van der Waals surface area contributed by atoms with Gasteiger partial charge in [0.1, 0.15) is 24.0 Å². The van der Waals surface area contributed by atoms with Crippen molar-refractivity contribution < 1.29 is 4.74 Å². The maximum Gasteiger partial charge on any atom is 0.148 e. The first-order chi connectivity index (χ1) is 14.2. The summed E-state index contributed by atoms with van der Waals surface area (Å²) in [5, 5.41) is 4.29. The topological polar surface area (TPSA) is 78.0 Å². The summed E-state index contributed by atoms with van der Waals surface area (Å²) in [6.45, 7) is 1.78. The molecule has 0 unspecified atom stereocenters. The molecule has 0 radical (unpaired) electrons. The van der Waals surface area contributed by atoms with Crippen LogP contribution in [0.15, 0.2) is 59.5 Å². The van der Waals surface area contributed by atoms with Crippen LogP contribution < -0.4 is 11.1 Å². The normalized spacial score (nSPS) is 19.5. The van der Waals surface area contributed by atoms with E-state index in [4.69, 9.17) is 10.5 Å². The lowest BCUT2D eigenvalue weighted by Crippen LogP contribution is -2.12. The number of benzene rings is 1. The van der Waals surface area contributed by atoms with Crippen LogP contribution in [0.3, 0.4) is 0 Å². The summed E-state index contributed by atoms with van der Waals surface area (Å²) in [6, 6.07) is 10.5. The first kappa shape index (κ1) is 20.1. The smallest absolute Gasteiger partial charge is 0.148 e. The van der Waals surface area contributed by atoms with Crippen LogP contribution in [-0.4, -0.2) is 27.2 Å². The molecule has 2 atom stereocenters. The van der Waals surface area contributed by atoms with Crippen molar-refractivity contribution in [2.24, 2.45) is 0 Å². The molecule has 1 fully saturated rings. The van der Waals surface area contributed by atoms with Gasteiger partial charge in [-0.3, -0.25) is 0 Å². The third-order valence-electron chi connectivity index (χ3n) is 5.24. The van der Waals surface area contributed by atoms with Gasteiger partial charge in [0, 0.05) is 23.8 Å². The Hall–Kier alpha value is -2.22. The number of hydrogen-bond donors (Lipinski definition) is 2. The van der Waals surface area contributed by atoms with E-state index in [0.29, 0.717) is 5.82 Å². The summed E-state index contributed by atoms with van der Waals surface area (Å²) in [7, 11) is 0. The quantitative estimate of drug-likeness (QED) is 0.383. The highest BCUT2D eigenvalue weighted by molar-refractivity contribution is 9.10. The molecule has 2 aromatic heterocycles. The molecule has 4 rings (SSSR count). The van der Waals surface area contributed by atoms with Gasteiger partial charge in [0.25, 0.3) is 0 Å². The number of anilines is 1. The van der Waals surface area contributed by atoms with Gasteiger partial charge in [-0.05, 0) is 47.2 Å². The molecule has 0 aliphatic carbocycles. The molecule has 3 aromatic rings. The van der Waals surface area contributed by atoms with Crippen LogP contribution in [0.2, 0.25) is 0 Å². The van der Waals surface area contributed by atoms with E-state index in [1.165, 1.54) is 11.9 Å². The lowest BCUT2D eigenvalue weighted by atomic mass is 10.1. The van der Waals surface area contributed by atoms with Crippen molar-refractivity contribution in [1.29, 1.82) is 0 Å². The molecule has 3 N–H and O–H groups in total. The predicted octanol–water partition coefficient (Wildman–Crippen LogP) is 4.58. The number of nitrogens with zero attached hydrogens (tertiary/aromatic N) is 3. The molecule has 0 bridgehead atoms. The minimum absolute atomic E-state index is 0.000353. The number of hydrogen-bond acceptors (Lipinski definition) is 5. The first-order valence-electron chi connectivity index (χ1n) is 10.0. The van der Waals surface area contributed by atoms with Gasteiger partial charge in [0.2, 0.25) is 0 Å². The molecular formula is C22H26BrN5O. The average molecular weight is 456 g/mol. The van der Waals surface area contributed by atoms with E-state index in [-0.39, 0.29) is 12.3 Å². The van der Waals surface area contributed by atoms with Crippen LogP contribution in [-0.2, 0) is 11.3 Å². The van der Waals surface area contributed by atoms with E-state index < -0.39 is 0 Å². The second kappa shape index (κ2) is 9.52. The van der Waals surface area contributed by atoms with E-state index in [1.54, 1.807) is 0 Å². The van der Waals surface area contributed by atoms with Crippen molar-refractivity contribution in [2.45, 2.75) is 44.6 Å². The van der Waals surface area contributed by atoms with Crippen LogP contribution in [0.1, 0.15) is 37.5 Å². The van der Waals surface area contributed by atoms with Gasteiger partial charge in [0.05, 0.1) is 11.5 Å². The standard InChI is InChI=1S/C22H26BrN5O/c23-18-14-28(22-20(18)21(24)26-15-27-22)19-11-10-17(29-19)9-5-2-6-12-25-13-16-7-3-1-4-8-16/h1-4,6-8,14-15,17,19,25H,5,9-13H2,(H2,24,26,27)/b6-2+/t17-,19-/m1/s1. The predicted molar refractivity (Wildman–Crippen MR) is 119 cm³/mol. The van der Waals surface area contributed by atoms with Crippen molar-refractivity contribution in [3.05, 3.63) is 65.0 Å². The second-order valence-corrected chi connectivity index (χ2v) is 8.15. The summed E-state index contributed by atoms with van der Waals surface area (Å²) in [5.74, 6) is 0.487. The summed E-state index contributed by atoms with van der Waals surface area (Å²) < 4.78 is 9.26. The highest BCUT2D eigenvalue weighted by Crippen LogP contribution is 2.36. The minimum atomic E-state index is -0.000353. The Morgan fingerprint density at radius 3 is 2.93 bits per heavy atom. The fourth-order valence-electron chi connectivity index (χ4n) is 3.76. The largest absolute Gasteiger partial charge is 0.383 e. The number of nitrogen functional groups attached to an aromatic ring is 1. The number of fused-ring (bicyclic) bond motifs is 1. The Morgan fingerprint density at radius 2 is 2.07 bits per heavy atom. The monoisotopic (exact) mass is 455 g/mol. The Kier molecular flexibility index (Phi) is 6.59. The van der Waals surface area contributed by atoms with Crippen LogP contribution in [0.4, 0.5) is 5.82 Å². The lowest BCUT2D eigenvalue weighted by molar-refractivity contribution is 0.00143. The van der Waals surface area contributed by atoms with Crippen molar-refractivity contribution in [3.8, 4) is 0 Å². The molecule has 3 heterocycles. The summed E-state index contributed by atoms with van der Waals surface area (Å²) in [4.78, 5) is 8.48. The van der Waals surface area contributed by atoms with Crippen LogP contribution in [0.5, 0.6) is 0 Å². The number of allylic oxidation sites excluding steroid dienone is 1. The summed E-state index contributed by atoms with van der Waals surface area (Å²) in [6.07, 6.45) is 12.3. The number of nitrogens with two attached hydrogens (primary N) is 1. The Bertz CT molecular complexity index is 972. The Balaban J connectivity index is 1.22. The third kappa shape index (κ3) is 4.86. The summed E-state index contributed by atoms with van der Waals surface area (Å²) in [5.41, 5.74) is 8.12. The van der Waals surface area contributed by atoms with Crippen molar-refractivity contribution >= 4 is 32.8 Å². The van der Waals surface area contributed by atoms with Crippen LogP contribution >= 0.6 is 15.9 Å². The zero-order valence-electron chi connectivity index (χ0n) is 16.3. The average Bonchev–Trinajstić information content (AvgIpc) is 3.33. The molecule has 0 spiro atoms. The van der Waals surface area contributed by atoms with Gasteiger partial charge in [-0.25, -0.2) is 9.97 Å². The number of halogens is 1. The van der Waals surface area contributed by atoms with Gasteiger partial charge in [-0.1, -0.05) is 42.5 Å². The van der Waals surface area contributed by atoms with Crippen LogP contribution in [0, 0.1) is 0 Å². The zero-order chi connectivity index (χ0) is 20.1. The zero-order valence-corrected chi connectivity index (χ0v) is 17.9. The lowest BCUT2D eigenvalue weighted by Gasteiger charge is -2.15. The van der Waals surface area contributed by atoms with Crippen LogP contribution in [0.25, 0.3) is 11.0 Å². The van der Waals surface area contributed by atoms with Crippen molar-refractivity contribution in [2.75, 3.05) is 12.3 Å². The molecular weight excluding hydrogens is 430 g/mol. The molecule has 1 aliphatic rings. The highest BCUT2D eigenvalue weighted by atomic mass is 79.9. The van der Waals surface area contributed by atoms with E-state index >= 15 is 0 Å². The summed E-state index contributed by atoms with van der Waals surface area (Å²) >= 11 is 3.57. The van der Waals surface area contributed by atoms with Gasteiger partial charge in [-0.2, -0.15) is 0 Å². The Labute approximate surface area is 179 Å². The van der Waals surface area contributed by atoms with Crippen molar-refractivity contribution in [1.82, 2.24) is 19.9 Å². The molecule has 1 aromatic carbocycles. The fraction of sp³-hybridized carbons (Fsp3) is 0.364. The number of aromatic nitrogens is 3. The van der Waals surface area contributed by atoms with Gasteiger partial charge in [0.15, 0.2) is 0 Å². The van der Waals surface area contributed by atoms with Gasteiger partial charge < -0.3 is 20.4 Å². The molecule has 29 heavy (non-hydrogen) atoms. The number of rotatable bonds is 8. The minimum Gasteiger partial charge on any atom is -0.383 e. The number of nitrogens with one attached hydrogen (secondary N) is 1. The highest BCUT2D eigenvalue weighted by Gasteiger charge is 2.28. The van der Waals surface area contributed by atoms with Gasteiger partial charge >= 0.3 is 0 Å². The molecule has 0 saturated carbocycles. The molecule has 1 aliphatic heterocycles. The van der Waals surface area contributed by atoms with E-state index in [1.807, 2.05) is 12.3 Å². The first-order valence-corrected chi connectivity index (χ1v) is 10.8. The molecule has 7 heteroatoms. The number of ether oxygens (including phenoxy) is 1. The molecule has 6 nitrogen and oxygen atoms in total. The van der Waals surface area contributed by atoms with Gasteiger partial charge in [-0.15, -0.1) is 0 Å². The third-order valence-corrected chi connectivity index (χ3v) is 5.85. The van der Waals surface area contributed by atoms with Crippen molar-refractivity contribution in [3.63, 3.8) is 0 Å². The molecule has 0 amide bonds. The fourth-order valence-corrected chi connectivity index (χ4v) is 4.37.